The standard InChI is InChI=1S/C37H51N7O16S2.2Na/c1-22(2)16-29(43-37(52)39-20-25(60-62(56,57)58)21-59-61(53,54)55)36(51)44-15-9-14-30(44)35(50)42-28(18-24-12-7-4-8-13-24)34(49)41-27(17-23-10-5-3-6-11-23)33(48)40-26(32(38)47)19-31(45)46;;/h3-8,10-13,22,25-30H,9,14-21H2,1-2H3,(H2,38,47)(H,40,48)(H,41,49)(H,42,50)(H,45,46)(H2,39,43,52)(H,53,54,55)(H,56,57,58);;/q;2*+1/p-2/t25-,26+,27+,28+,29+,30+;;/m1../s1. The molecule has 7 amide bonds. The predicted molar refractivity (Wildman–Crippen MR) is 212 cm³/mol. The van der Waals surface area contributed by atoms with Crippen LogP contribution in [0.25, 0.3) is 0 Å². The zero-order valence-corrected chi connectivity index (χ0v) is 41.2. The third kappa shape index (κ3) is 21.5. The average Bonchev–Trinajstić information content (AvgIpc) is 3.68. The van der Waals surface area contributed by atoms with E-state index in [2.05, 4.69) is 35.0 Å². The van der Waals surface area contributed by atoms with Crippen molar-refractivity contribution in [1.82, 2.24) is 31.5 Å². The number of urea groups is 1. The van der Waals surface area contributed by atoms with Gasteiger partial charge in [0.25, 0.3) is 0 Å². The van der Waals surface area contributed by atoms with E-state index in [0.717, 1.165) is 0 Å². The number of amides is 7. The van der Waals surface area contributed by atoms with Crippen LogP contribution in [0.4, 0.5) is 4.79 Å². The minimum atomic E-state index is -5.46. The molecule has 1 saturated heterocycles. The smallest absolute Gasteiger partial charge is 0.726 e. The number of carboxylic acids is 1. The van der Waals surface area contributed by atoms with Gasteiger partial charge < -0.3 is 51.4 Å². The van der Waals surface area contributed by atoms with Crippen LogP contribution in [0.1, 0.15) is 50.7 Å². The van der Waals surface area contributed by atoms with Crippen molar-refractivity contribution >= 4 is 62.3 Å². The predicted octanol–water partition coefficient (Wildman–Crippen LogP) is -8.08. The van der Waals surface area contributed by atoms with Crippen LogP contribution in [-0.2, 0) is 70.8 Å². The number of carboxylic acid groups (broad SMARTS) is 1. The number of nitrogens with one attached hydrogen (secondary N) is 5. The molecular weight excluding hydrogens is 909 g/mol. The Morgan fingerprint density at radius 3 is 1.77 bits per heavy atom. The number of hydrogen-bond acceptors (Lipinski definition) is 15. The number of benzene rings is 2. The van der Waals surface area contributed by atoms with Gasteiger partial charge in [-0.1, -0.05) is 74.5 Å². The van der Waals surface area contributed by atoms with Crippen LogP contribution >= 0.6 is 0 Å². The summed E-state index contributed by atoms with van der Waals surface area (Å²) in [5.74, 6) is -6.01. The molecule has 1 heterocycles. The van der Waals surface area contributed by atoms with E-state index in [-0.39, 0.29) is 97.3 Å². The zero-order valence-electron chi connectivity index (χ0n) is 35.6. The van der Waals surface area contributed by atoms with E-state index < -0.39 is 118 Å². The van der Waals surface area contributed by atoms with Gasteiger partial charge >= 0.3 is 71.1 Å². The normalized spacial score (nSPS) is 16.0. The maximum atomic E-state index is 14.1. The maximum Gasteiger partial charge on any atom is 1.00 e. The van der Waals surface area contributed by atoms with Crippen molar-refractivity contribution in [3.8, 4) is 0 Å². The Hall–Kier alpha value is -3.73. The summed E-state index contributed by atoms with van der Waals surface area (Å²) in [5, 5.41) is 21.4. The van der Waals surface area contributed by atoms with Crippen molar-refractivity contribution in [1.29, 1.82) is 0 Å². The fourth-order valence-corrected chi connectivity index (χ4v) is 7.16. The summed E-state index contributed by atoms with van der Waals surface area (Å²) in [6, 6.07) is 9.01. The molecular formula is C37H49N7Na2O16S2. The molecule has 1 fully saturated rings. The van der Waals surface area contributed by atoms with Crippen molar-refractivity contribution in [2.24, 2.45) is 11.7 Å². The topological polar surface area (TPSA) is 362 Å². The molecule has 0 saturated carbocycles. The molecule has 0 aliphatic carbocycles. The zero-order chi connectivity index (χ0) is 46.2. The van der Waals surface area contributed by atoms with E-state index in [4.69, 9.17) is 5.73 Å². The van der Waals surface area contributed by atoms with Gasteiger partial charge in [0.1, 0.15) is 36.3 Å². The molecule has 0 spiro atoms. The Kier molecular flexibility index (Phi) is 25.2. The van der Waals surface area contributed by atoms with Gasteiger partial charge in [-0.3, -0.25) is 37.1 Å². The number of nitrogens with zero attached hydrogens (tertiary/aromatic N) is 1. The first-order chi connectivity index (χ1) is 29.0. The minimum absolute atomic E-state index is 0. The second-order valence-corrected chi connectivity index (χ2v) is 16.7. The molecule has 342 valence electrons. The largest absolute Gasteiger partial charge is 1.00 e. The number of rotatable bonds is 24. The number of primary amides is 1. The molecule has 6 atom stereocenters. The van der Waals surface area contributed by atoms with Crippen molar-refractivity contribution in [3.05, 3.63) is 71.8 Å². The summed E-state index contributed by atoms with van der Waals surface area (Å²) in [6.45, 7) is 1.40. The molecule has 64 heavy (non-hydrogen) atoms. The summed E-state index contributed by atoms with van der Waals surface area (Å²) in [7, 11) is -10.8. The third-order valence-electron chi connectivity index (χ3n) is 9.16. The molecule has 0 unspecified atom stereocenters. The van der Waals surface area contributed by atoms with E-state index in [1.165, 1.54) is 4.90 Å². The minimum Gasteiger partial charge on any atom is -0.726 e. The quantitative estimate of drug-likeness (QED) is 0.0292. The third-order valence-corrected chi connectivity index (χ3v) is 10.1. The van der Waals surface area contributed by atoms with Crippen molar-refractivity contribution in [3.63, 3.8) is 0 Å². The van der Waals surface area contributed by atoms with E-state index in [1.54, 1.807) is 74.5 Å². The molecule has 8 N–H and O–H groups in total. The van der Waals surface area contributed by atoms with Gasteiger partial charge in [-0.05, 0) is 36.3 Å². The maximum absolute atomic E-state index is 14.1. The first-order valence-electron chi connectivity index (χ1n) is 19.1. The summed E-state index contributed by atoms with van der Waals surface area (Å²) in [6.07, 6.45) is -2.49. The second-order valence-electron chi connectivity index (χ2n) is 14.6. The van der Waals surface area contributed by atoms with Crippen molar-refractivity contribution in [2.75, 3.05) is 19.7 Å². The van der Waals surface area contributed by atoms with Crippen LogP contribution < -0.4 is 91.4 Å². The van der Waals surface area contributed by atoms with Crippen LogP contribution in [0.3, 0.4) is 0 Å². The van der Waals surface area contributed by atoms with Gasteiger partial charge in [0.05, 0.1) is 13.0 Å². The van der Waals surface area contributed by atoms with Crippen LogP contribution in [0.2, 0.25) is 0 Å². The molecule has 0 aromatic heterocycles. The Labute approximate surface area is 414 Å². The number of hydrogen-bond donors (Lipinski definition) is 7. The van der Waals surface area contributed by atoms with Crippen LogP contribution in [0, 0.1) is 5.92 Å². The van der Waals surface area contributed by atoms with Crippen molar-refractivity contribution in [2.45, 2.75) is 88.7 Å². The first kappa shape index (κ1) is 58.3. The Morgan fingerprint density at radius 1 is 0.781 bits per heavy atom. The number of carbonyl (C=O) groups is 7. The van der Waals surface area contributed by atoms with E-state index in [9.17, 15) is 64.6 Å². The SMILES string of the molecule is CC(C)C[C@H](NC(=O)NC[C@H](COS(=O)(=O)[O-])OS(=O)(=O)[O-])C(=O)N1CCC[C@H]1C(=O)N[C@@H](Cc1ccccc1)C(=O)N[C@@H](Cc1ccccc1)C(=O)N[C@@H](CC(=O)O)C(N)=O.[Na+].[Na+]. The number of likely N-dealkylation sites (tertiary alicyclic amines) is 1. The number of aliphatic carboxylic acids is 1. The first-order valence-corrected chi connectivity index (χ1v) is 21.8. The summed E-state index contributed by atoms with van der Waals surface area (Å²) in [5.41, 5.74) is 6.51. The van der Waals surface area contributed by atoms with Gasteiger partial charge in [-0.15, -0.1) is 0 Å². The average molecular weight is 958 g/mol. The van der Waals surface area contributed by atoms with E-state index in [1.807, 2.05) is 0 Å². The van der Waals surface area contributed by atoms with Gasteiger partial charge in [0, 0.05) is 25.9 Å². The van der Waals surface area contributed by atoms with Gasteiger partial charge in [0.2, 0.25) is 50.3 Å². The molecule has 0 bridgehead atoms. The fraction of sp³-hybridized carbons (Fsp3) is 0.486. The fourth-order valence-electron chi connectivity index (χ4n) is 6.39. The van der Waals surface area contributed by atoms with E-state index >= 15 is 0 Å². The van der Waals surface area contributed by atoms with Gasteiger partial charge in [-0.2, -0.15) is 0 Å². The Balaban J connectivity index is 0.0000102. The van der Waals surface area contributed by atoms with Gasteiger partial charge in [0.15, 0.2) is 0 Å². The van der Waals surface area contributed by atoms with E-state index in [0.29, 0.717) is 17.5 Å². The van der Waals surface area contributed by atoms with Crippen LogP contribution in [-0.4, -0.2) is 133 Å². The molecule has 3 rings (SSSR count). The Bertz CT molecular complexity index is 2120. The molecule has 27 heteroatoms. The molecule has 1 aliphatic rings. The van der Waals surface area contributed by atoms with Gasteiger partial charge in [-0.25, -0.2) is 21.6 Å². The summed E-state index contributed by atoms with van der Waals surface area (Å²) in [4.78, 5) is 93.2. The summed E-state index contributed by atoms with van der Waals surface area (Å²) < 4.78 is 74.0. The molecule has 0 radical (unpaired) electrons. The Morgan fingerprint density at radius 2 is 1.30 bits per heavy atom. The number of carbonyl (C=O) groups excluding carboxylic acids is 6. The number of nitrogens with two attached hydrogens (primary N) is 1. The second kappa shape index (κ2) is 27.7. The molecule has 2 aromatic carbocycles. The summed E-state index contributed by atoms with van der Waals surface area (Å²) >= 11 is 0. The van der Waals surface area contributed by atoms with Crippen LogP contribution in [0.5, 0.6) is 0 Å². The molecule has 2 aromatic rings. The van der Waals surface area contributed by atoms with Crippen LogP contribution in [0.15, 0.2) is 60.7 Å². The molecule has 23 nitrogen and oxygen atoms in total. The van der Waals surface area contributed by atoms with Crippen molar-refractivity contribution < 1.29 is 132 Å². The monoisotopic (exact) mass is 957 g/mol. The molecule has 1 aliphatic heterocycles.